The number of benzene rings is 1. The molecule has 0 fully saturated rings. The van der Waals surface area contributed by atoms with E-state index in [0.717, 1.165) is 0 Å². The molecule has 0 bridgehead atoms. The number of ketones is 1. The van der Waals surface area contributed by atoms with E-state index in [1.807, 2.05) is 0 Å². The number of hydrogen-bond donors (Lipinski definition) is 1. The number of nitrogens with one attached hydrogen (secondary N) is 1. The summed E-state index contributed by atoms with van der Waals surface area (Å²) in [5.41, 5.74) is 0.552. The minimum Gasteiger partial charge on any atom is -0.324 e. The molecule has 80 valence electrons. The lowest BCUT2D eigenvalue weighted by atomic mass is 10.2. The molecule has 0 heterocycles. The fourth-order valence-corrected chi connectivity index (χ4v) is 1.10. The molecule has 0 saturated heterocycles. The van der Waals surface area contributed by atoms with E-state index in [1.54, 1.807) is 24.3 Å². The topological polar surface area (TPSA) is 46.2 Å². The molecule has 3 nitrogen and oxygen atoms in total. The van der Waals surface area contributed by atoms with Crippen molar-refractivity contribution >= 4 is 40.6 Å². The highest BCUT2D eigenvalue weighted by Gasteiger charge is 2.19. The second kappa shape index (κ2) is 5.14. The van der Waals surface area contributed by atoms with Gasteiger partial charge in [0, 0.05) is 10.7 Å². The van der Waals surface area contributed by atoms with Crippen LogP contribution in [-0.4, -0.2) is 17.1 Å². The van der Waals surface area contributed by atoms with Crippen molar-refractivity contribution in [3.8, 4) is 0 Å². The van der Waals surface area contributed by atoms with Gasteiger partial charge in [-0.05, 0) is 31.2 Å². The number of hydrogen-bond acceptors (Lipinski definition) is 2. The van der Waals surface area contributed by atoms with Gasteiger partial charge in [-0.3, -0.25) is 9.59 Å². The molecule has 15 heavy (non-hydrogen) atoms. The molecule has 5 heteroatoms. The fraction of sp³-hybridized carbons (Fsp3) is 0.200. The molecule has 1 N–H and O–H groups in total. The third-order valence-electron chi connectivity index (χ3n) is 1.70. The summed E-state index contributed by atoms with van der Waals surface area (Å²) >= 11 is 11.2. The van der Waals surface area contributed by atoms with E-state index >= 15 is 0 Å². The van der Waals surface area contributed by atoms with Gasteiger partial charge in [0.1, 0.15) is 0 Å². The van der Waals surface area contributed by atoms with E-state index in [0.29, 0.717) is 10.7 Å². The predicted octanol–water partition coefficient (Wildman–Crippen LogP) is 2.47. The van der Waals surface area contributed by atoms with E-state index in [2.05, 4.69) is 5.32 Å². The third-order valence-corrected chi connectivity index (χ3v) is 2.46. The average Bonchev–Trinajstić information content (AvgIpc) is 2.20. The van der Waals surface area contributed by atoms with Crippen molar-refractivity contribution in [2.45, 2.75) is 12.3 Å². The summed E-state index contributed by atoms with van der Waals surface area (Å²) < 4.78 is 0. The number of anilines is 1. The van der Waals surface area contributed by atoms with Crippen LogP contribution in [0.4, 0.5) is 5.69 Å². The standard InChI is InChI=1S/C10H9Cl2NO2/c1-6(14)9(12)10(15)13-8-4-2-7(11)3-5-8/h2-5,9H,1H3,(H,13,15)/t9-/m1/s1. The first-order valence-electron chi connectivity index (χ1n) is 4.21. The van der Waals surface area contributed by atoms with Crippen molar-refractivity contribution in [2.24, 2.45) is 0 Å². The van der Waals surface area contributed by atoms with Gasteiger partial charge in [0.05, 0.1) is 0 Å². The van der Waals surface area contributed by atoms with Gasteiger partial charge in [0.15, 0.2) is 11.2 Å². The quantitative estimate of drug-likeness (QED) is 0.657. The molecule has 0 aromatic heterocycles. The molecule has 0 aliphatic heterocycles. The van der Waals surface area contributed by atoms with Gasteiger partial charge < -0.3 is 5.32 Å². The maximum atomic E-state index is 11.3. The van der Waals surface area contributed by atoms with Crippen LogP contribution in [0.15, 0.2) is 24.3 Å². The van der Waals surface area contributed by atoms with Gasteiger partial charge in [-0.2, -0.15) is 0 Å². The van der Waals surface area contributed by atoms with E-state index in [-0.39, 0.29) is 5.78 Å². The van der Waals surface area contributed by atoms with Gasteiger partial charge in [0.2, 0.25) is 5.91 Å². The minimum absolute atomic E-state index is 0.386. The van der Waals surface area contributed by atoms with Crippen LogP contribution in [0.2, 0.25) is 5.02 Å². The minimum atomic E-state index is -1.15. The van der Waals surface area contributed by atoms with Crippen molar-refractivity contribution in [3.05, 3.63) is 29.3 Å². The summed E-state index contributed by atoms with van der Waals surface area (Å²) in [7, 11) is 0. The van der Waals surface area contributed by atoms with Gasteiger partial charge in [-0.25, -0.2) is 0 Å². The Bertz CT molecular complexity index is 376. The van der Waals surface area contributed by atoms with Crippen LogP contribution in [0.1, 0.15) is 6.92 Å². The highest BCUT2D eigenvalue weighted by atomic mass is 35.5. The first-order valence-corrected chi connectivity index (χ1v) is 5.03. The molecule has 1 rings (SSSR count). The molecule has 0 unspecified atom stereocenters. The average molecular weight is 246 g/mol. The zero-order valence-corrected chi connectivity index (χ0v) is 9.47. The Hall–Kier alpha value is -1.06. The smallest absolute Gasteiger partial charge is 0.250 e. The van der Waals surface area contributed by atoms with Crippen LogP contribution in [0, 0.1) is 0 Å². The van der Waals surface area contributed by atoms with Crippen molar-refractivity contribution in [2.75, 3.05) is 5.32 Å². The van der Waals surface area contributed by atoms with E-state index in [1.165, 1.54) is 6.92 Å². The number of amides is 1. The van der Waals surface area contributed by atoms with Crippen LogP contribution in [0.3, 0.4) is 0 Å². The maximum Gasteiger partial charge on any atom is 0.250 e. The van der Waals surface area contributed by atoms with Gasteiger partial charge in [-0.1, -0.05) is 11.6 Å². The second-order valence-corrected chi connectivity index (χ2v) is 3.84. The molecule has 1 aromatic carbocycles. The van der Waals surface area contributed by atoms with Gasteiger partial charge >= 0.3 is 0 Å². The molecule has 1 atom stereocenters. The van der Waals surface area contributed by atoms with Crippen molar-refractivity contribution in [1.29, 1.82) is 0 Å². The van der Waals surface area contributed by atoms with Crippen LogP contribution < -0.4 is 5.32 Å². The van der Waals surface area contributed by atoms with E-state index < -0.39 is 11.3 Å². The predicted molar refractivity (Wildman–Crippen MR) is 60.4 cm³/mol. The van der Waals surface area contributed by atoms with Gasteiger partial charge in [0.25, 0.3) is 0 Å². The normalized spacial score (nSPS) is 11.9. The Kier molecular flexibility index (Phi) is 4.12. The summed E-state index contributed by atoms with van der Waals surface area (Å²) in [6, 6.07) is 6.52. The Balaban J connectivity index is 2.66. The van der Waals surface area contributed by atoms with Crippen molar-refractivity contribution in [1.82, 2.24) is 0 Å². The monoisotopic (exact) mass is 245 g/mol. The van der Waals surface area contributed by atoms with Crippen molar-refractivity contribution in [3.63, 3.8) is 0 Å². The molecule has 0 spiro atoms. The number of alkyl halides is 1. The first kappa shape index (κ1) is 12.0. The van der Waals surface area contributed by atoms with Crippen LogP contribution >= 0.6 is 23.2 Å². The van der Waals surface area contributed by atoms with Crippen LogP contribution in [0.5, 0.6) is 0 Å². The molecule has 0 aliphatic carbocycles. The fourth-order valence-electron chi connectivity index (χ4n) is 0.923. The van der Waals surface area contributed by atoms with Crippen molar-refractivity contribution < 1.29 is 9.59 Å². The number of carbonyl (C=O) groups excluding carboxylic acids is 2. The van der Waals surface area contributed by atoms with E-state index in [4.69, 9.17) is 23.2 Å². The summed E-state index contributed by atoms with van der Waals surface area (Å²) in [4.78, 5) is 22.2. The van der Waals surface area contributed by atoms with Gasteiger partial charge in [-0.15, -0.1) is 11.6 Å². The molecular formula is C10H9Cl2NO2. The first-order chi connectivity index (χ1) is 7.00. The largest absolute Gasteiger partial charge is 0.324 e. The number of halogens is 2. The molecular weight excluding hydrogens is 237 g/mol. The third kappa shape index (κ3) is 3.53. The Labute approximate surface area is 97.4 Å². The molecule has 1 aromatic rings. The Morgan fingerprint density at radius 1 is 1.27 bits per heavy atom. The Morgan fingerprint density at radius 2 is 1.80 bits per heavy atom. The molecule has 0 aliphatic rings. The zero-order valence-electron chi connectivity index (χ0n) is 7.96. The highest BCUT2D eigenvalue weighted by Crippen LogP contribution is 2.14. The number of carbonyl (C=O) groups is 2. The molecule has 0 saturated carbocycles. The van der Waals surface area contributed by atoms with Crippen LogP contribution in [-0.2, 0) is 9.59 Å². The zero-order chi connectivity index (χ0) is 11.4. The lowest BCUT2D eigenvalue weighted by molar-refractivity contribution is -0.123. The SMILES string of the molecule is CC(=O)[C@@H](Cl)C(=O)Nc1ccc(Cl)cc1. The number of rotatable bonds is 3. The highest BCUT2D eigenvalue weighted by molar-refractivity contribution is 6.43. The lowest BCUT2D eigenvalue weighted by Crippen LogP contribution is -2.28. The summed E-state index contributed by atoms with van der Waals surface area (Å²) in [5.74, 6) is -0.922. The van der Waals surface area contributed by atoms with Crippen LogP contribution in [0.25, 0.3) is 0 Å². The summed E-state index contributed by atoms with van der Waals surface area (Å²) in [6.07, 6.45) is 0. The lowest BCUT2D eigenvalue weighted by Gasteiger charge is -2.07. The second-order valence-electron chi connectivity index (χ2n) is 2.97. The summed E-state index contributed by atoms with van der Waals surface area (Å²) in [5, 5.41) is 1.92. The molecule has 1 amide bonds. The summed E-state index contributed by atoms with van der Waals surface area (Å²) in [6.45, 7) is 1.26. The Morgan fingerprint density at radius 3 is 2.27 bits per heavy atom. The molecule has 0 radical (unpaired) electrons. The number of Topliss-reactive ketones (excluding diaryl/α,β-unsaturated/α-hetero) is 1. The van der Waals surface area contributed by atoms with E-state index in [9.17, 15) is 9.59 Å². The maximum absolute atomic E-state index is 11.3.